The number of aryl methyl sites for hydroxylation is 1. The first-order chi connectivity index (χ1) is 9.45. The number of carbonyl (C=O) groups is 1. The predicted molar refractivity (Wildman–Crippen MR) is 73.6 cm³/mol. The lowest BCUT2D eigenvalue weighted by Crippen LogP contribution is -2.36. The molecule has 1 N–H and O–H groups in total. The molecule has 1 amide bonds. The molecule has 1 saturated heterocycles. The summed E-state index contributed by atoms with van der Waals surface area (Å²) in [6.07, 6.45) is 2.67. The van der Waals surface area contributed by atoms with Gasteiger partial charge in [0.15, 0.2) is 5.03 Å². The minimum absolute atomic E-state index is 0.0148. The standard InChI is InChI=1S/C12H20N4O3S/c1-3-11-13-9-12(14-11)20(18,19)16-6-4-5-15(7-8-16)10(2)17/h9H,3-8H2,1-2H3,(H,13,14). The van der Waals surface area contributed by atoms with Crippen molar-refractivity contribution in [3.05, 3.63) is 12.0 Å². The number of hydrogen-bond acceptors (Lipinski definition) is 4. The highest BCUT2D eigenvalue weighted by Crippen LogP contribution is 2.16. The van der Waals surface area contributed by atoms with E-state index in [9.17, 15) is 13.2 Å². The molecule has 2 heterocycles. The van der Waals surface area contributed by atoms with E-state index in [1.807, 2.05) is 6.92 Å². The highest BCUT2D eigenvalue weighted by molar-refractivity contribution is 7.89. The second-order valence-electron chi connectivity index (χ2n) is 4.81. The molecule has 0 saturated carbocycles. The van der Waals surface area contributed by atoms with E-state index >= 15 is 0 Å². The Morgan fingerprint density at radius 3 is 2.70 bits per heavy atom. The van der Waals surface area contributed by atoms with E-state index in [0.29, 0.717) is 44.8 Å². The van der Waals surface area contributed by atoms with Crippen LogP contribution >= 0.6 is 0 Å². The van der Waals surface area contributed by atoms with Crippen molar-refractivity contribution in [3.8, 4) is 0 Å². The van der Waals surface area contributed by atoms with Crippen molar-refractivity contribution in [2.75, 3.05) is 26.2 Å². The first-order valence-electron chi connectivity index (χ1n) is 6.74. The Kier molecular flexibility index (Phi) is 4.44. The molecule has 0 unspecified atom stereocenters. The Morgan fingerprint density at radius 2 is 2.10 bits per heavy atom. The number of aromatic amines is 1. The Labute approximate surface area is 119 Å². The molecule has 1 aliphatic heterocycles. The van der Waals surface area contributed by atoms with Crippen molar-refractivity contribution < 1.29 is 13.2 Å². The van der Waals surface area contributed by atoms with Crippen LogP contribution in [-0.2, 0) is 21.2 Å². The van der Waals surface area contributed by atoms with Crippen molar-refractivity contribution >= 4 is 15.9 Å². The van der Waals surface area contributed by atoms with Crippen LogP contribution in [-0.4, -0.2) is 59.7 Å². The minimum Gasteiger partial charge on any atom is -0.342 e. The summed E-state index contributed by atoms with van der Waals surface area (Å²) in [5, 5.41) is 0.130. The second-order valence-corrected chi connectivity index (χ2v) is 6.72. The van der Waals surface area contributed by atoms with Crippen molar-refractivity contribution in [2.24, 2.45) is 0 Å². The molecule has 1 aliphatic rings. The molecule has 0 aliphatic carbocycles. The number of amides is 1. The Bertz CT molecular complexity index is 581. The van der Waals surface area contributed by atoms with Crippen molar-refractivity contribution in [1.29, 1.82) is 0 Å². The zero-order valence-corrected chi connectivity index (χ0v) is 12.6. The van der Waals surface area contributed by atoms with E-state index in [2.05, 4.69) is 9.97 Å². The molecule has 112 valence electrons. The number of imidazole rings is 1. The molecule has 0 atom stereocenters. The summed E-state index contributed by atoms with van der Waals surface area (Å²) in [4.78, 5) is 19.9. The molecule has 0 bridgehead atoms. The average molecular weight is 300 g/mol. The molecule has 8 heteroatoms. The van der Waals surface area contributed by atoms with Crippen LogP contribution < -0.4 is 0 Å². The van der Waals surface area contributed by atoms with Crippen molar-refractivity contribution in [1.82, 2.24) is 19.2 Å². The number of sulfonamides is 1. The summed E-state index contributed by atoms with van der Waals surface area (Å²) in [5.74, 6) is 0.641. The lowest BCUT2D eigenvalue weighted by Gasteiger charge is -2.20. The van der Waals surface area contributed by atoms with Crippen molar-refractivity contribution in [3.63, 3.8) is 0 Å². The van der Waals surface area contributed by atoms with Gasteiger partial charge >= 0.3 is 0 Å². The second kappa shape index (κ2) is 5.92. The van der Waals surface area contributed by atoms with Gasteiger partial charge < -0.3 is 9.88 Å². The van der Waals surface area contributed by atoms with Crippen LogP contribution in [0.25, 0.3) is 0 Å². The third-order valence-electron chi connectivity index (χ3n) is 3.46. The molecule has 2 rings (SSSR count). The van der Waals surface area contributed by atoms with Gasteiger partial charge in [-0.25, -0.2) is 13.4 Å². The number of hydrogen-bond donors (Lipinski definition) is 1. The van der Waals surface area contributed by atoms with Crippen LogP contribution in [0.15, 0.2) is 11.2 Å². The third-order valence-corrected chi connectivity index (χ3v) is 5.27. The van der Waals surface area contributed by atoms with Crippen LogP contribution in [0.5, 0.6) is 0 Å². The Hall–Kier alpha value is -1.41. The van der Waals surface area contributed by atoms with Crippen LogP contribution in [0, 0.1) is 0 Å². The summed E-state index contributed by atoms with van der Waals surface area (Å²) >= 11 is 0. The van der Waals surface area contributed by atoms with Gasteiger partial charge in [0.1, 0.15) is 5.82 Å². The van der Waals surface area contributed by atoms with E-state index in [1.165, 1.54) is 17.4 Å². The molecule has 7 nitrogen and oxygen atoms in total. The highest BCUT2D eigenvalue weighted by Gasteiger charge is 2.28. The van der Waals surface area contributed by atoms with E-state index in [1.54, 1.807) is 4.90 Å². The van der Waals surface area contributed by atoms with Gasteiger partial charge in [0, 0.05) is 39.5 Å². The molecular weight excluding hydrogens is 280 g/mol. The van der Waals surface area contributed by atoms with Gasteiger partial charge in [0.2, 0.25) is 5.91 Å². The quantitative estimate of drug-likeness (QED) is 0.865. The Balaban J connectivity index is 2.15. The molecule has 20 heavy (non-hydrogen) atoms. The number of carbonyl (C=O) groups excluding carboxylic acids is 1. The molecule has 0 aromatic carbocycles. The number of rotatable bonds is 3. The lowest BCUT2D eigenvalue weighted by molar-refractivity contribution is -0.128. The summed E-state index contributed by atoms with van der Waals surface area (Å²) in [5.41, 5.74) is 0. The van der Waals surface area contributed by atoms with Gasteiger partial charge in [-0.3, -0.25) is 4.79 Å². The maximum atomic E-state index is 12.5. The summed E-state index contributed by atoms with van der Waals surface area (Å²) in [6, 6.07) is 0. The normalized spacial score (nSPS) is 18.0. The van der Waals surface area contributed by atoms with E-state index in [-0.39, 0.29) is 10.9 Å². The number of H-pyrrole nitrogens is 1. The fourth-order valence-corrected chi connectivity index (χ4v) is 3.64. The summed E-state index contributed by atoms with van der Waals surface area (Å²) in [7, 11) is -3.55. The molecule has 1 fully saturated rings. The van der Waals surface area contributed by atoms with E-state index in [0.717, 1.165) is 0 Å². The Morgan fingerprint density at radius 1 is 1.35 bits per heavy atom. The third kappa shape index (κ3) is 3.01. The minimum atomic E-state index is -3.55. The van der Waals surface area contributed by atoms with Gasteiger partial charge in [-0.15, -0.1) is 0 Å². The van der Waals surface area contributed by atoms with Gasteiger partial charge in [-0.1, -0.05) is 6.92 Å². The molecule has 1 aromatic rings. The predicted octanol–water partition coefficient (Wildman–Crippen LogP) is 0.215. The monoisotopic (exact) mass is 300 g/mol. The topological polar surface area (TPSA) is 86.4 Å². The van der Waals surface area contributed by atoms with Gasteiger partial charge in [0.25, 0.3) is 10.0 Å². The molecule has 0 spiro atoms. The number of nitrogens with zero attached hydrogens (tertiary/aromatic N) is 3. The first kappa shape index (κ1) is 15.0. The lowest BCUT2D eigenvalue weighted by atomic mass is 10.4. The van der Waals surface area contributed by atoms with Crippen LogP contribution in [0.2, 0.25) is 0 Å². The smallest absolute Gasteiger partial charge is 0.260 e. The van der Waals surface area contributed by atoms with Crippen LogP contribution in [0.1, 0.15) is 26.1 Å². The van der Waals surface area contributed by atoms with Gasteiger partial charge in [0.05, 0.1) is 6.20 Å². The van der Waals surface area contributed by atoms with E-state index < -0.39 is 10.0 Å². The van der Waals surface area contributed by atoms with E-state index in [4.69, 9.17) is 0 Å². The molecular formula is C12H20N4O3S. The van der Waals surface area contributed by atoms with Gasteiger partial charge in [-0.2, -0.15) is 4.31 Å². The zero-order chi connectivity index (χ0) is 14.8. The van der Waals surface area contributed by atoms with Crippen LogP contribution in [0.3, 0.4) is 0 Å². The summed E-state index contributed by atoms with van der Waals surface area (Å²) in [6.45, 7) is 5.20. The maximum Gasteiger partial charge on any atom is 0.260 e. The molecule has 1 aromatic heterocycles. The number of aromatic nitrogens is 2. The van der Waals surface area contributed by atoms with Gasteiger partial charge in [-0.05, 0) is 6.42 Å². The van der Waals surface area contributed by atoms with Crippen LogP contribution in [0.4, 0.5) is 0 Å². The maximum absolute atomic E-state index is 12.5. The molecule has 0 radical (unpaired) electrons. The summed E-state index contributed by atoms with van der Waals surface area (Å²) < 4.78 is 26.4. The zero-order valence-electron chi connectivity index (χ0n) is 11.8. The fraction of sp³-hybridized carbons (Fsp3) is 0.667. The highest BCUT2D eigenvalue weighted by atomic mass is 32.2. The first-order valence-corrected chi connectivity index (χ1v) is 8.18. The fourth-order valence-electron chi connectivity index (χ4n) is 2.24. The SMILES string of the molecule is CCc1ncc(S(=O)(=O)N2CCCN(C(C)=O)CC2)[nH]1. The largest absolute Gasteiger partial charge is 0.342 e. The average Bonchev–Trinajstić information content (AvgIpc) is 2.75. The number of nitrogens with one attached hydrogen (secondary N) is 1. The van der Waals surface area contributed by atoms with Crippen molar-refractivity contribution in [2.45, 2.75) is 31.7 Å².